The fraction of sp³-hybridized carbons (Fsp3) is 0.868. The highest BCUT2D eigenvalue weighted by atomic mass is 16.1. The van der Waals surface area contributed by atoms with E-state index < -0.39 is 0 Å². The lowest BCUT2D eigenvalue weighted by Crippen LogP contribution is -2.64. The Bertz CT molecular complexity index is 1060. The number of hydrogen-bond donors (Lipinski definition) is 2. The fourth-order valence-electron chi connectivity index (χ4n) is 12.8. The summed E-state index contributed by atoms with van der Waals surface area (Å²) in [4.78, 5) is 13.6. The van der Waals surface area contributed by atoms with Crippen molar-refractivity contribution in [1.82, 2.24) is 15.5 Å². The molecule has 0 aromatic heterocycles. The van der Waals surface area contributed by atoms with E-state index in [1.165, 1.54) is 83.5 Å². The lowest BCUT2D eigenvalue weighted by atomic mass is 9.37. The third kappa shape index (κ3) is 4.97. The van der Waals surface area contributed by atoms with Gasteiger partial charge in [0.1, 0.15) is 0 Å². The lowest BCUT2D eigenvalue weighted by Gasteiger charge is -2.68. The van der Waals surface area contributed by atoms with Crippen molar-refractivity contribution >= 4 is 6.41 Å². The highest BCUT2D eigenvalue weighted by molar-refractivity contribution is 5.47. The van der Waals surface area contributed by atoms with E-state index in [9.17, 15) is 4.79 Å². The second kappa shape index (κ2) is 11.7. The third-order valence-corrected chi connectivity index (χ3v) is 14.8. The van der Waals surface area contributed by atoms with Crippen molar-refractivity contribution in [3.63, 3.8) is 0 Å². The van der Waals surface area contributed by atoms with E-state index in [0.717, 1.165) is 68.1 Å². The summed E-state index contributed by atoms with van der Waals surface area (Å²) in [6.07, 6.45) is 24.3. The zero-order valence-electron chi connectivity index (χ0n) is 28.1. The summed E-state index contributed by atoms with van der Waals surface area (Å²) in [6, 6.07) is 0. The Kier molecular flexibility index (Phi) is 8.57. The maximum absolute atomic E-state index is 11.6. The van der Waals surface area contributed by atoms with Gasteiger partial charge in [0.2, 0.25) is 6.41 Å². The number of likely N-dealkylation sites (N-methyl/N-ethyl adjacent to an activating group) is 1. The van der Waals surface area contributed by atoms with Crippen LogP contribution in [0.25, 0.3) is 0 Å². The zero-order valence-corrected chi connectivity index (χ0v) is 28.1. The summed E-state index contributed by atoms with van der Waals surface area (Å²) in [5.41, 5.74) is 4.96. The molecule has 236 valence electrons. The van der Waals surface area contributed by atoms with E-state index in [-0.39, 0.29) is 5.41 Å². The van der Waals surface area contributed by atoms with E-state index in [2.05, 4.69) is 57.4 Å². The van der Waals surface area contributed by atoms with Gasteiger partial charge in [0.05, 0.1) is 0 Å². The van der Waals surface area contributed by atoms with Gasteiger partial charge in [-0.15, -0.1) is 0 Å². The molecule has 6 aliphatic carbocycles. The van der Waals surface area contributed by atoms with Crippen LogP contribution in [0.1, 0.15) is 118 Å². The monoisotopic (exact) mass is 577 g/mol. The van der Waals surface area contributed by atoms with Crippen molar-refractivity contribution in [2.75, 3.05) is 33.2 Å². The van der Waals surface area contributed by atoms with Gasteiger partial charge >= 0.3 is 0 Å². The Morgan fingerprint density at radius 3 is 2.43 bits per heavy atom. The van der Waals surface area contributed by atoms with Crippen LogP contribution < -0.4 is 10.6 Å². The molecule has 2 N–H and O–H groups in total. The number of carbonyl (C=O) groups is 1. The molecule has 4 heteroatoms. The van der Waals surface area contributed by atoms with Gasteiger partial charge in [-0.3, -0.25) is 4.79 Å². The number of fused-ring (bicyclic) bond motifs is 7. The zero-order chi connectivity index (χ0) is 29.8. The fourth-order valence-corrected chi connectivity index (χ4v) is 12.8. The highest BCUT2D eigenvalue weighted by Gasteiger charge is 2.65. The van der Waals surface area contributed by atoms with Gasteiger partial charge in [0.25, 0.3) is 0 Å². The van der Waals surface area contributed by atoms with Crippen LogP contribution in [0.15, 0.2) is 23.3 Å². The average Bonchev–Trinajstić information content (AvgIpc) is 3.39. The predicted molar refractivity (Wildman–Crippen MR) is 175 cm³/mol. The molecule has 0 spiro atoms. The Balaban J connectivity index is 1.19. The number of amides is 1. The maximum Gasteiger partial charge on any atom is 0.209 e. The number of rotatable bonds is 9. The van der Waals surface area contributed by atoms with E-state index in [0.29, 0.717) is 16.4 Å². The molecular formula is C38H63N3O. The van der Waals surface area contributed by atoms with Crippen LogP contribution >= 0.6 is 0 Å². The summed E-state index contributed by atoms with van der Waals surface area (Å²) >= 11 is 0. The molecule has 9 atom stereocenters. The number of nitrogens with zero attached hydrogens (tertiary/aromatic N) is 1. The van der Waals surface area contributed by atoms with Crippen LogP contribution in [0, 0.1) is 51.8 Å². The number of nitrogens with one attached hydrogen (secondary N) is 2. The minimum absolute atomic E-state index is 0.289. The normalized spacial score (nSPS) is 44.1. The van der Waals surface area contributed by atoms with Crippen molar-refractivity contribution in [3.05, 3.63) is 23.3 Å². The molecule has 6 aliphatic rings. The van der Waals surface area contributed by atoms with Crippen molar-refractivity contribution in [1.29, 1.82) is 0 Å². The summed E-state index contributed by atoms with van der Waals surface area (Å²) in [5.74, 6) is 5.13. The molecule has 4 fully saturated rings. The van der Waals surface area contributed by atoms with Crippen molar-refractivity contribution in [2.24, 2.45) is 51.8 Å². The highest BCUT2D eigenvalue weighted by Crippen LogP contribution is 2.72. The SMILES string of the molecule is CNCCN(C=O)CCNC12CCCC1C1CCC3C(C)(CCC4C(C)(C)C(C5=CCC(C)CC5)=CCC43C)C1CC2. The predicted octanol–water partition coefficient (Wildman–Crippen LogP) is 7.75. The molecule has 4 saturated carbocycles. The molecule has 6 rings (SSSR count). The van der Waals surface area contributed by atoms with E-state index in [4.69, 9.17) is 0 Å². The van der Waals surface area contributed by atoms with Gasteiger partial charge in [0.15, 0.2) is 0 Å². The molecule has 1 amide bonds. The summed E-state index contributed by atoms with van der Waals surface area (Å²) in [7, 11) is 1.96. The second-order valence-corrected chi connectivity index (χ2v) is 17.0. The van der Waals surface area contributed by atoms with Gasteiger partial charge < -0.3 is 15.5 Å². The van der Waals surface area contributed by atoms with Crippen LogP contribution in [0.2, 0.25) is 0 Å². The molecule has 0 aromatic carbocycles. The molecule has 0 aromatic rings. The van der Waals surface area contributed by atoms with Crippen LogP contribution in [0.3, 0.4) is 0 Å². The second-order valence-electron chi connectivity index (χ2n) is 17.0. The average molecular weight is 578 g/mol. The molecule has 0 bridgehead atoms. The number of carbonyl (C=O) groups excluding carboxylic acids is 1. The van der Waals surface area contributed by atoms with Crippen LogP contribution in [0.5, 0.6) is 0 Å². The minimum atomic E-state index is 0.289. The van der Waals surface area contributed by atoms with Gasteiger partial charge in [-0.1, -0.05) is 53.2 Å². The Morgan fingerprint density at radius 1 is 0.881 bits per heavy atom. The van der Waals surface area contributed by atoms with E-state index >= 15 is 0 Å². The summed E-state index contributed by atoms with van der Waals surface area (Å²) < 4.78 is 0. The smallest absolute Gasteiger partial charge is 0.209 e. The molecule has 42 heavy (non-hydrogen) atoms. The Hall–Kier alpha value is -1.13. The first-order valence-electron chi connectivity index (χ1n) is 18.1. The largest absolute Gasteiger partial charge is 0.343 e. The van der Waals surface area contributed by atoms with Gasteiger partial charge in [-0.05, 0) is 147 Å². The number of hydrogen-bond acceptors (Lipinski definition) is 3. The van der Waals surface area contributed by atoms with E-state index in [1.807, 2.05) is 11.9 Å². The molecule has 0 radical (unpaired) electrons. The minimum Gasteiger partial charge on any atom is -0.343 e. The molecule has 0 saturated heterocycles. The number of allylic oxidation sites excluding steroid dienone is 4. The Morgan fingerprint density at radius 2 is 1.69 bits per heavy atom. The van der Waals surface area contributed by atoms with Crippen LogP contribution in [0.4, 0.5) is 0 Å². The van der Waals surface area contributed by atoms with E-state index in [1.54, 1.807) is 11.1 Å². The standard InChI is InChI=1S/C38H63N3O/c1-27-9-11-28(12-10-27)30-15-19-37(5)33(35(30,2)3)17-20-36(4)31-16-21-38(40-23-25-41(26-42)24-22-39-6)18-7-8-32(38)29(31)13-14-34(36)37/h11,15,26-27,29,31-34,39-40H,7-10,12-14,16-25H2,1-6H3. The quantitative estimate of drug-likeness (QED) is 0.275. The van der Waals surface area contributed by atoms with Crippen LogP contribution in [-0.4, -0.2) is 50.1 Å². The molecule has 4 nitrogen and oxygen atoms in total. The van der Waals surface area contributed by atoms with Gasteiger partial charge in [-0.25, -0.2) is 0 Å². The summed E-state index contributed by atoms with van der Waals surface area (Å²) in [5, 5.41) is 7.31. The lowest BCUT2D eigenvalue weighted by molar-refractivity contribution is -0.175. The summed E-state index contributed by atoms with van der Waals surface area (Å²) in [6.45, 7) is 16.6. The van der Waals surface area contributed by atoms with Gasteiger partial charge in [0, 0.05) is 31.7 Å². The molecule has 0 heterocycles. The first-order valence-corrected chi connectivity index (χ1v) is 18.1. The van der Waals surface area contributed by atoms with Crippen molar-refractivity contribution in [3.8, 4) is 0 Å². The van der Waals surface area contributed by atoms with Crippen LogP contribution in [-0.2, 0) is 4.79 Å². The third-order valence-electron chi connectivity index (χ3n) is 14.8. The molecule has 9 unspecified atom stereocenters. The molecular weight excluding hydrogens is 514 g/mol. The molecule has 0 aliphatic heterocycles. The Labute approximate surface area is 258 Å². The van der Waals surface area contributed by atoms with Crippen molar-refractivity contribution in [2.45, 2.75) is 124 Å². The van der Waals surface area contributed by atoms with Gasteiger partial charge in [-0.2, -0.15) is 0 Å². The first-order chi connectivity index (χ1) is 20.1. The maximum atomic E-state index is 11.6. The first kappa shape index (κ1) is 30.9. The topological polar surface area (TPSA) is 44.4 Å². The van der Waals surface area contributed by atoms with Crippen molar-refractivity contribution < 1.29 is 4.79 Å².